The fourth-order valence-electron chi connectivity index (χ4n) is 1.94. The summed E-state index contributed by atoms with van der Waals surface area (Å²) in [7, 11) is 0. The van der Waals surface area contributed by atoms with E-state index in [1.165, 1.54) is 12.1 Å². The molecule has 0 aromatic heterocycles. The average molecular weight is 214 g/mol. The monoisotopic (exact) mass is 214 g/mol. The van der Waals surface area contributed by atoms with Crippen LogP contribution in [0.3, 0.4) is 0 Å². The van der Waals surface area contributed by atoms with E-state index in [1.54, 1.807) is 12.1 Å². The first-order chi connectivity index (χ1) is 6.81. The molecule has 82 valence electrons. The minimum atomic E-state index is -4.22. The molecule has 1 aliphatic carbocycles. The van der Waals surface area contributed by atoms with Gasteiger partial charge < -0.3 is 0 Å². The Bertz CT molecular complexity index is 359. The highest BCUT2D eigenvalue weighted by Crippen LogP contribution is 2.58. The molecule has 0 bridgehead atoms. The van der Waals surface area contributed by atoms with E-state index >= 15 is 0 Å². The third-order valence-corrected chi connectivity index (χ3v) is 3.15. The van der Waals surface area contributed by atoms with E-state index in [-0.39, 0.29) is 5.41 Å². The molecule has 0 amide bonds. The number of halogens is 3. The summed E-state index contributed by atoms with van der Waals surface area (Å²) in [5.74, 6) is 0.430. The Morgan fingerprint density at radius 1 is 1.13 bits per heavy atom. The van der Waals surface area contributed by atoms with Crippen LogP contribution in [0.1, 0.15) is 37.3 Å². The Kier molecular flexibility index (Phi) is 2.11. The standard InChI is InChI=1S/C12H13F3/c1-11(2)7-10(11)8-3-5-9(6-4-8)12(13,14)15/h3-6,10H,7H2,1-2H3. The fourth-order valence-corrected chi connectivity index (χ4v) is 1.94. The Morgan fingerprint density at radius 2 is 1.60 bits per heavy atom. The van der Waals surface area contributed by atoms with Gasteiger partial charge in [-0.05, 0) is 35.4 Å². The van der Waals surface area contributed by atoms with Gasteiger partial charge in [-0.1, -0.05) is 26.0 Å². The van der Waals surface area contributed by atoms with Crippen LogP contribution in [0.15, 0.2) is 24.3 Å². The van der Waals surface area contributed by atoms with Crippen LogP contribution in [-0.2, 0) is 6.18 Å². The Morgan fingerprint density at radius 3 is 1.93 bits per heavy atom. The summed E-state index contributed by atoms with van der Waals surface area (Å²) in [6, 6.07) is 5.54. The van der Waals surface area contributed by atoms with Gasteiger partial charge in [0.15, 0.2) is 0 Å². The van der Waals surface area contributed by atoms with Crippen LogP contribution in [0.4, 0.5) is 13.2 Å². The molecule has 1 aromatic rings. The van der Waals surface area contributed by atoms with Crippen molar-refractivity contribution in [3.63, 3.8) is 0 Å². The first kappa shape index (κ1) is 10.5. The molecule has 0 nitrogen and oxygen atoms in total. The van der Waals surface area contributed by atoms with E-state index in [9.17, 15) is 13.2 Å². The van der Waals surface area contributed by atoms with Crippen LogP contribution >= 0.6 is 0 Å². The molecule has 0 radical (unpaired) electrons. The van der Waals surface area contributed by atoms with Crippen LogP contribution in [0.5, 0.6) is 0 Å². The van der Waals surface area contributed by atoms with E-state index in [1.807, 2.05) is 0 Å². The first-order valence-corrected chi connectivity index (χ1v) is 4.98. The molecule has 0 saturated heterocycles. The molecular weight excluding hydrogens is 201 g/mol. The van der Waals surface area contributed by atoms with Gasteiger partial charge in [-0.3, -0.25) is 0 Å². The first-order valence-electron chi connectivity index (χ1n) is 4.98. The van der Waals surface area contributed by atoms with Gasteiger partial charge in [0.05, 0.1) is 5.56 Å². The third kappa shape index (κ3) is 2.01. The van der Waals surface area contributed by atoms with E-state index in [0.29, 0.717) is 5.92 Å². The summed E-state index contributed by atoms with van der Waals surface area (Å²) in [6.45, 7) is 4.27. The number of rotatable bonds is 1. The van der Waals surface area contributed by atoms with Gasteiger partial charge in [0.25, 0.3) is 0 Å². The predicted octanol–water partition coefficient (Wildman–Crippen LogP) is 4.22. The molecule has 1 fully saturated rings. The molecule has 15 heavy (non-hydrogen) atoms. The smallest absolute Gasteiger partial charge is 0.166 e. The molecular formula is C12H13F3. The van der Waals surface area contributed by atoms with Crippen LogP contribution in [0.25, 0.3) is 0 Å². The zero-order valence-corrected chi connectivity index (χ0v) is 8.73. The zero-order valence-electron chi connectivity index (χ0n) is 8.73. The highest BCUT2D eigenvalue weighted by molar-refractivity contribution is 5.32. The highest BCUT2D eigenvalue weighted by atomic mass is 19.4. The SMILES string of the molecule is CC1(C)CC1c1ccc(C(F)(F)F)cc1. The molecule has 3 heteroatoms. The number of benzene rings is 1. The second kappa shape index (κ2) is 3.00. The largest absolute Gasteiger partial charge is 0.416 e. The molecule has 1 saturated carbocycles. The van der Waals surface area contributed by atoms with Gasteiger partial charge in [-0.2, -0.15) is 13.2 Å². The molecule has 0 N–H and O–H groups in total. The predicted molar refractivity (Wildman–Crippen MR) is 52.6 cm³/mol. The Labute approximate surface area is 87.1 Å². The van der Waals surface area contributed by atoms with Crippen molar-refractivity contribution >= 4 is 0 Å². The van der Waals surface area contributed by atoms with E-state index < -0.39 is 11.7 Å². The summed E-state index contributed by atoms with van der Waals surface area (Å²) in [4.78, 5) is 0. The maximum Gasteiger partial charge on any atom is 0.416 e. The van der Waals surface area contributed by atoms with Crippen molar-refractivity contribution in [1.29, 1.82) is 0 Å². The van der Waals surface area contributed by atoms with Gasteiger partial charge in [0, 0.05) is 0 Å². The number of hydrogen-bond donors (Lipinski definition) is 0. The summed E-state index contributed by atoms with van der Waals surface area (Å²) >= 11 is 0. The second-order valence-electron chi connectivity index (χ2n) is 4.87. The quantitative estimate of drug-likeness (QED) is 0.656. The fraction of sp³-hybridized carbons (Fsp3) is 0.500. The molecule has 0 heterocycles. The molecule has 1 aromatic carbocycles. The van der Waals surface area contributed by atoms with Crippen LogP contribution in [-0.4, -0.2) is 0 Å². The van der Waals surface area contributed by atoms with Gasteiger partial charge in [-0.25, -0.2) is 0 Å². The Balaban J connectivity index is 2.19. The lowest BCUT2D eigenvalue weighted by Crippen LogP contribution is -2.04. The van der Waals surface area contributed by atoms with E-state index in [4.69, 9.17) is 0 Å². The Hall–Kier alpha value is -0.990. The van der Waals surface area contributed by atoms with Crippen LogP contribution in [0, 0.1) is 5.41 Å². The third-order valence-electron chi connectivity index (χ3n) is 3.15. The highest BCUT2D eigenvalue weighted by Gasteiger charge is 2.46. The van der Waals surface area contributed by atoms with Crippen molar-refractivity contribution < 1.29 is 13.2 Å². The summed E-state index contributed by atoms with van der Waals surface area (Å²) in [5.41, 5.74) is 0.720. The van der Waals surface area contributed by atoms with Crippen LogP contribution in [0.2, 0.25) is 0 Å². The van der Waals surface area contributed by atoms with Crippen molar-refractivity contribution in [3.05, 3.63) is 35.4 Å². The minimum absolute atomic E-state index is 0.264. The zero-order chi connectivity index (χ0) is 11.3. The number of hydrogen-bond acceptors (Lipinski definition) is 0. The van der Waals surface area contributed by atoms with E-state index in [2.05, 4.69) is 13.8 Å². The lowest BCUT2D eigenvalue weighted by Gasteiger charge is -2.08. The van der Waals surface area contributed by atoms with Crippen molar-refractivity contribution in [2.24, 2.45) is 5.41 Å². The lowest BCUT2D eigenvalue weighted by atomic mass is 10.0. The van der Waals surface area contributed by atoms with E-state index in [0.717, 1.165) is 12.0 Å². The normalized spacial score (nSPS) is 23.9. The maximum absolute atomic E-state index is 12.3. The molecule has 0 spiro atoms. The molecule has 1 aliphatic rings. The average Bonchev–Trinajstić information content (AvgIpc) is 2.74. The molecule has 1 unspecified atom stereocenters. The van der Waals surface area contributed by atoms with Crippen molar-refractivity contribution in [2.75, 3.05) is 0 Å². The van der Waals surface area contributed by atoms with Crippen molar-refractivity contribution in [2.45, 2.75) is 32.4 Å². The van der Waals surface area contributed by atoms with Crippen molar-refractivity contribution in [1.82, 2.24) is 0 Å². The summed E-state index contributed by atoms with van der Waals surface area (Å²) < 4.78 is 36.9. The summed E-state index contributed by atoms with van der Waals surface area (Å²) in [6.07, 6.45) is -3.16. The van der Waals surface area contributed by atoms with Crippen molar-refractivity contribution in [3.8, 4) is 0 Å². The molecule has 2 rings (SSSR count). The second-order valence-corrected chi connectivity index (χ2v) is 4.87. The van der Waals surface area contributed by atoms with Crippen LogP contribution < -0.4 is 0 Å². The van der Waals surface area contributed by atoms with Gasteiger partial charge in [-0.15, -0.1) is 0 Å². The summed E-state index contributed by atoms with van der Waals surface area (Å²) in [5, 5.41) is 0. The number of alkyl halides is 3. The van der Waals surface area contributed by atoms with Gasteiger partial charge in [0.2, 0.25) is 0 Å². The topological polar surface area (TPSA) is 0 Å². The lowest BCUT2D eigenvalue weighted by molar-refractivity contribution is -0.137. The van der Waals surface area contributed by atoms with Gasteiger partial charge in [0.1, 0.15) is 0 Å². The molecule has 1 atom stereocenters. The van der Waals surface area contributed by atoms with Gasteiger partial charge >= 0.3 is 6.18 Å². The maximum atomic E-state index is 12.3. The molecule has 0 aliphatic heterocycles. The minimum Gasteiger partial charge on any atom is -0.166 e.